The lowest BCUT2D eigenvalue weighted by molar-refractivity contribution is 0.0749. The van der Waals surface area contributed by atoms with E-state index in [1.54, 1.807) is 12.3 Å². The van der Waals surface area contributed by atoms with Gasteiger partial charge in [0.2, 0.25) is 5.95 Å². The van der Waals surface area contributed by atoms with Crippen molar-refractivity contribution >= 4 is 33.5 Å². The van der Waals surface area contributed by atoms with E-state index in [1.807, 2.05) is 29.2 Å². The van der Waals surface area contributed by atoms with Crippen LogP contribution in [0.4, 0.5) is 11.6 Å². The van der Waals surface area contributed by atoms with Crippen molar-refractivity contribution in [3.63, 3.8) is 0 Å². The minimum atomic E-state index is -0.0463. The van der Waals surface area contributed by atoms with Gasteiger partial charge in [-0.05, 0) is 43.2 Å². The summed E-state index contributed by atoms with van der Waals surface area (Å²) in [6.45, 7) is 5.62. The molecule has 1 N–H and O–H groups in total. The summed E-state index contributed by atoms with van der Waals surface area (Å²) >= 11 is 3.40. The summed E-state index contributed by atoms with van der Waals surface area (Å²) in [5.41, 5.74) is 1.29. The lowest BCUT2D eigenvalue weighted by Gasteiger charge is -2.21. The van der Waals surface area contributed by atoms with Crippen molar-refractivity contribution in [2.24, 2.45) is 0 Å². The molecule has 0 radical (unpaired) electrons. The number of nitrogens with zero attached hydrogens (tertiary/aromatic N) is 3. The Hall–Kier alpha value is -1.95. The van der Waals surface area contributed by atoms with Gasteiger partial charge < -0.3 is 10.2 Å². The van der Waals surface area contributed by atoms with Crippen molar-refractivity contribution in [2.45, 2.75) is 26.7 Å². The molecule has 0 spiro atoms. The van der Waals surface area contributed by atoms with E-state index < -0.39 is 0 Å². The monoisotopic (exact) mass is 376 g/mol. The first kappa shape index (κ1) is 17.4. The number of nitrogens with one attached hydrogen (secondary N) is 1. The molecule has 0 bridgehead atoms. The molecule has 1 aromatic heterocycles. The molecule has 1 heterocycles. The normalized spacial score (nSPS) is 10.4. The van der Waals surface area contributed by atoms with Crippen molar-refractivity contribution in [2.75, 3.05) is 18.4 Å². The molecule has 2 rings (SSSR count). The second kappa shape index (κ2) is 8.62. The SMILES string of the molecule is CCCN(CCC)C(=O)c1ccnc(Nc2ccc(Br)cc2)n1. The Morgan fingerprint density at radius 3 is 2.39 bits per heavy atom. The first-order chi connectivity index (χ1) is 11.1. The third-order valence-corrected chi connectivity index (χ3v) is 3.78. The molecular weight excluding hydrogens is 356 g/mol. The number of benzene rings is 1. The molecule has 0 aliphatic rings. The highest BCUT2D eigenvalue weighted by Gasteiger charge is 2.16. The van der Waals surface area contributed by atoms with Crippen LogP contribution in [0.25, 0.3) is 0 Å². The first-order valence-corrected chi connectivity index (χ1v) is 8.58. The molecule has 0 fully saturated rings. The second-order valence-electron chi connectivity index (χ2n) is 5.19. The molecule has 2 aromatic rings. The second-order valence-corrected chi connectivity index (χ2v) is 6.11. The number of aromatic nitrogens is 2. The maximum atomic E-state index is 12.6. The summed E-state index contributed by atoms with van der Waals surface area (Å²) < 4.78 is 1.00. The van der Waals surface area contributed by atoms with Gasteiger partial charge in [-0.3, -0.25) is 4.79 Å². The maximum absolute atomic E-state index is 12.6. The molecule has 122 valence electrons. The van der Waals surface area contributed by atoms with Gasteiger partial charge in [-0.1, -0.05) is 29.8 Å². The highest BCUT2D eigenvalue weighted by atomic mass is 79.9. The Bertz CT molecular complexity index is 639. The Morgan fingerprint density at radius 2 is 1.78 bits per heavy atom. The zero-order chi connectivity index (χ0) is 16.7. The Morgan fingerprint density at radius 1 is 1.13 bits per heavy atom. The van der Waals surface area contributed by atoms with Crippen LogP contribution in [0.3, 0.4) is 0 Å². The number of carbonyl (C=O) groups is 1. The van der Waals surface area contributed by atoms with Crippen LogP contribution in [-0.4, -0.2) is 33.9 Å². The van der Waals surface area contributed by atoms with E-state index in [4.69, 9.17) is 0 Å². The zero-order valence-electron chi connectivity index (χ0n) is 13.4. The highest BCUT2D eigenvalue weighted by molar-refractivity contribution is 9.10. The van der Waals surface area contributed by atoms with Crippen molar-refractivity contribution < 1.29 is 4.79 Å². The largest absolute Gasteiger partial charge is 0.337 e. The van der Waals surface area contributed by atoms with Crippen LogP contribution in [0.15, 0.2) is 41.0 Å². The standard InChI is InChI=1S/C17H21BrN4O/c1-3-11-22(12-4-2)16(23)15-9-10-19-17(21-15)20-14-7-5-13(18)6-8-14/h5-10H,3-4,11-12H2,1-2H3,(H,19,20,21). The van der Waals surface area contributed by atoms with E-state index in [0.29, 0.717) is 11.6 Å². The molecule has 23 heavy (non-hydrogen) atoms. The third-order valence-electron chi connectivity index (χ3n) is 3.25. The molecule has 0 aliphatic carbocycles. The average Bonchev–Trinajstić information content (AvgIpc) is 2.56. The van der Waals surface area contributed by atoms with E-state index in [1.165, 1.54) is 0 Å². The molecule has 0 unspecified atom stereocenters. The number of amides is 1. The molecule has 0 saturated carbocycles. The molecule has 0 atom stereocenters. The van der Waals surface area contributed by atoms with Gasteiger partial charge in [0.1, 0.15) is 5.69 Å². The van der Waals surface area contributed by atoms with Crippen LogP contribution in [0.2, 0.25) is 0 Å². The van der Waals surface area contributed by atoms with E-state index in [2.05, 4.69) is 45.1 Å². The summed E-state index contributed by atoms with van der Waals surface area (Å²) in [6, 6.07) is 9.36. The van der Waals surface area contributed by atoms with E-state index >= 15 is 0 Å². The predicted molar refractivity (Wildman–Crippen MR) is 95.9 cm³/mol. The first-order valence-electron chi connectivity index (χ1n) is 7.79. The minimum absolute atomic E-state index is 0.0463. The van der Waals surface area contributed by atoms with Crippen molar-refractivity contribution in [1.29, 1.82) is 0 Å². The van der Waals surface area contributed by atoms with E-state index in [9.17, 15) is 4.79 Å². The number of anilines is 2. The van der Waals surface area contributed by atoms with Crippen molar-refractivity contribution in [3.05, 3.63) is 46.7 Å². The molecule has 5 nitrogen and oxygen atoms in total. The van der Waals surface area contributed by atoms with Crippen LogP contribution >= 0.6 is 15.9 Å². The number of rotatable bonds is 7. The third kappa shape index (κ3) is 5.03. The van der Waals surface area contributed by atoms with Gasteiger partial charge >= 0.3 is 0 Å². The van der Waals surface area contributed by atoms with Crippen molar-refractivity contribution in [1.82, 2.24) is 14.9 Å². The van der Waals surface area contributed by atoms with Gasteiger partial charge in [0.15, 0.2) is 0 Å². The smallest absolute Gasteiger partial charge is 0.272 e. The van der Waals surface area contributed by atoms with Gasteiger partial charge in [-0.25, -0.2) is 9.97 Å². The fourth-order valence-corrected chi connectivity index (χ4v) is 2.48. The molecule has 6 heteroatoms. The van der Waals surface area contributed by atoms with Gasteiger partial charge in [-0.15, -0.1) is 0 Å². The number of halogens is 1. The summed E-state index contributed by atoms with van der Waals surface area (Å²) in [6.07, 6.45) is 3.47. The van der Waals surface area contributed by atoms with Crippen LogP contribution in [0.1, 0.15) is 37.2 Å². The van der Waals surface area contributed by atoms with Crippen molar-refractivity contribution in [3.8, 4) is 0 Å². The van der Waals surface area contributed by atoms with Crippen LogP contribution in [-0.2, 0) is 0 Å². The maximum Gasteiger partial charge on any atom is 0.272 e. The highest BCUT2D eigenvalue weighted by Crippen LogP contribution is 2.17. The van der Waals surface area contributed by atoms with Crippen LogP contribution in [0, 0.1) is 0 Å². The fourth-order valence-electron chi connectivity index (χ4n) is 2.22. The molecule has 0 aliphatic heterocycles. The average molecular weight is 377 g/mol. The summed E-state index contributed by atoms with van der Waals surface area (Å²) in [7, 11) is 0. The van der Waals surface area contributed by atoms with Crippen LogP contribution in [0.5, 0.6) is 0 Å². The minimum Gasteiger partial charge on any atom is -0.337 e. The topological polar surface area (TPSA) is 58.1 Å². The van der Waals surface area contributed by atoms with Gasteiger partial charge in [-0.2, -0.15) is 0 Å². The summed E-state index contributed by atoms with van der Waals surface area (Å²) in [4.78, 5) is 23.0. The number of carbonyl (C=O) groups excluding carboxylic acids is 1. The lowest BCUT2D eigenvalue weighted by Crippen LogP contribution is -2.33. The summed E-state index contributed by atoms with van der Waals surface area (Å²) in [5, 5.41) is 3.12. The number of hydrogen-bond donors (Lipinski definition) is 1. The Balaban J connectivity index is 2.14. The van der Waals surface area contributed by atoms with Gasteiger partial charge in [0.05, 0.1) is 0 Å². The zero-order valence-corrected chi connectivity index (χ0v) is 15.0. The van der Waals surface area contributed by atoms with Gasteiger partial charge in [0, 0.05) is 29.4 Å². The quantitative estimate of drug-likeness (QED) is 0.784. The fraction of sp³-hybridized carbons (Fsp3) is 0.353. The molecule has 0 saturated heterocycles. The Kier molecular flexibility index (Phi) is 6.52. The van der Waals surface area contributed by atoms with Gasteiger partial charge in [0.25, 0.3) is 5.91 Å². The molecule has 1 amide bonds. The lowest BCUT2D eigenvalue weighted by atomic mass is 10.3. The van der Waals surface area contributed by atoms with E-state index in [-0.39, 0.29) is 5.91 Å². The summed E-state index contributed by atoms with van der Waals surface area (Å²) in [5.74, 6) is 0.376. The predicted octanol–water partition coefficient (Wildman–Crippen LogP) is 4.24. The van der Waals surface area contributed by atoms with E-state index in [0.717, 1.165) is 36.1 Å². The van der Waals surface area contributed by atoms with Crippen LogP contribution < -0.4 is 5.32 Å². The molecular formula is C17H21BrN4O. The number of hydrogen-bond acceptors (Lipinski definition) is 4. The molecule has 1 aromatic carbocycles. The Labute approximate surface area is 145 Å².